The van der Waals surface area contributed by atoms with Crippen molar-refractivity contribution in [1.29, 1.82) is 0 Å². The summed E-state index contributed by atoms with van der Waals surface area (Å²) in [6.07, 6.45) is 26.3. The summed E-state index contributed by atoms with van der Waals surface area (Å²) in [6.45, 7) is 5.51. The lowest BCUT2D eigenvalue weighted by atomic mass is 9.67. The van der Waals surface area contributed by atoms with Crippen LogP contribution < -0.4 is 4.74 Å². The zero-order chi connectivity index (χ0) is 28.6. The Hall–Kier alpha value is -1.42. The Labute approximate surface area is 249 Å². The number of ether oxygens (including phenoxy) is 2. The lowest BCUT2D eigenvalue weighted by Gasteiger charge is -2.43. The molecule has 1 saturated heterocycles. The van der Waals surface area contributed by atoms with Gasteiger partial charge in [-0.1, -0.05) is 38.0 Å². The molecular weight excluding hydrogens is 514 g/mol. The number of hydrogen-bond donors (Lipinski definition) is 0. The second kappa shape index (κ2) is 15.3. The van der Waals surface area contributed by atoms with E-state index in [1.165, 1.54) is 77.0 Å². The molecule has 2 nitrogen and oxygen atoms in total. The highest BCUT2D eigenvalue weighted by Crippen LogP contribution is 2.47. The van der Waals surface area contributed by atoms with Gasteiger partial charge in [0, 0.05) is 0 Å². The van der Waals surface area contributed by atoms with Crippen LogP contribution in [0.1, 0.15) is 134 Å². The number of allylic oxidation sites excluding steroid dienone is 2. The van der Waals surface area contributed by atoms with Crippen LogP contribution in [0.3, 0.4) is 0 Å². The monoisotopic (exact) mass is 570 g/mol. The van der Waals surface area contributed by atoms with Crippen LogP contribution >= 0.6 is 0 Å². The quantitative estimate of drug-likeness (QED) is 0.261. The van der Waals surface area contributed by atoms with E-state index in [0.717, 1.165) is 74.2 Å². The molecule has 1 aliphatic heterocycles. The van der Waals surface area contributed by atoms with E-state index in [9.17, 15) is 8.78 Å². The largest absolute Gasteiger partial charge is 0.490 e. The Balaban J connectivity index is 1.00. The van der Waals surface area contributed by atoms with Gasteiger partial charge < -0.3 is 9.47 Å². The molecule has 1 heterocycles. The average Bonchev–Trinajstić information content (AvgIpc) is 3.03. The summed E-state index contributed by atoms with van der Waals surface area (Å²) in [5, 5.41) is 0. The highest BCUT2D eigenvalue weighted by molar-refractivity contribution is 5.33. The number of rotatable bonds is 10. The molecule has 3 saturated carbocycles. The Bertz CT molecular complexity index is 944. The Morgan fingerprint density at radius 3 is 2.00 bits per heavy atom. The van der Waals surface area contributed by atoms with Gasteiger partial charge in [-0.3, -0.25) is 0 Å². The Kier molecular flexibility index (Phi) is 11.6. The van der Waals surface area contributed by atoms with Crippen LogP contribution in [0.5, 0.6) is 5.75 Å². The topological polar surface area (TPSA) is 18.5 Å². The minimum Gasteiger partial charge on any atom is -0.490 e. The van der Waals surface area contributed by atoms with Crippen molar-refractivity contribution in [1.82, 2.24) is 0 Å². The third kappa shape index (κ3) is 7.95. The zero-order valence-electron chi connectivity index (χ0n) is 25.9. The molecule has 230 valence electrons. The molecular formula is C37H56F2O2. The molecule has 4 heteroatoms. The molecule has 2 atom stereocenters. The smallest absolute Gasteiger partial charge is 0.200 e. The van der Waals surface area contributed by atoms with Crippen LogP contribution in [0.25, 0.3) is 0 Å². The lowest BCUT2D eigenvalue weighted by Crippen LogP contribution is -2.38. The van der Waals surface area contributed by atoms with Gasteiger partial charge in [0.05, 0.1) is 19.3 Å². The number of hydrogen-bond acceptors (Lipinski definition) is 2. The fraction of sp³-hybridized carbons (Fsp3) is 0.784. The fourth-order valence-electron chi connectivity index (χ4n) is 9.06. The predicted octanol–water partition coefficient (Wildman–Crippen LogP) is 10.8. The van der Waals surface area contributed by atoms with Gasteiger partial charge in [0.1, 0.15) is 0 Å². The van der Waals surface area contributed by atoms with E-state index in [1.807, 2.05) is 6.92 Å². The molecule has 0 bridgehead atoms. The summed E-state index contributed by atoms with van der Waals surface area (Å²) in [5.41, 5.74) is 0.554. The molecule has 4 fully saturated rings. The molecule has 1 aromatic carbocycles. The van der Waals surface area contributed by atoms with E-state index in [2.05, 4.69) is 19.1 Å². The highest BCUT2D eigenvalue weighted by Gasteiger charge is 2.37. The molecule has 0 aromatic heterocycles. The van der Waals surface area contributed by atoms with Gasteiger partial charge in [0.2, 0.25) is 5.82 Å². The third-order valence-electron chi connectivity index (χ3n) is 11.6. The van der Waals surface area contributed by atoms with Crippen LogP contribution in [0.4, 0.5) is 8.78 Å². The Morgan fingerprint density at radius 2 is 1.37 bits per heavy atom. The molecule has 0 amide bonds. The van der Waals surface area contributed by atoms with Crippen LogP contribution in [-0.2, 0) is 4.74 Å². The van der Waals surface area contributed by atoms with Gasteiger partial charge in [0.15, 0.2) is 11.6 Å². The van der Waals surface area contributed by atoms with E-state index in [0.29, 0.717) is 18.3 Å². The SMILES string of the molecule is C/C=C/CCC1CCC(C2CCC(C3CCC(C4CCC(c5ccc(OCCC)c(F)c5F)CC4)CC3)OC2)CC1. The first kappa shape index (κ1) is 31.0. The summed E-state index contributed by atoms with van der Waals surface area (Å²) in [5.74, 6) is 3.63. The van der Waals surface area contributed by atoms with Gasteiger partial charge in [-0.2, -0.15) is 4.39 Å². The highest BCUT2D eigenvalue weighted by atomic mass is 19.2. The van der Waals surface area contributed by atoms with Crippen LogP contribution in [0.15, 0.2) is 24.3 Å². The van der Waals surface area contributed by atoms with Gasteiger partial charge in [-0.25, -0.2) is 4.39 Å². The molecule has 41 heavy (non-hydrogen) atoms. The molecule has 3 aliphatic carbocycles. The normalized spacial score (nSPS) is 35.0. The summed E-state index contributed by atoms with van der Waals surface area (Å²) in [6, 6.07) is 3.40. The summed E-state index contributed by atoms with van der Waals surface area (Å²) in [7, 11) is 0. The second-order valence-electron chi connectivity index (χ2n) is 14.1. The summed E-state index contributed by atoms with van der Waals surface area (Å²) < 4.78 is 41.4. The number of halogens is 2. The lowest BCUT2D eigenvalue weighted by molar-refractivity contribution is -0.0757. The maximum absolute atomic E-state index is 14.9. The number of benzene rings is 1. The van der Waals surface area contributed by atoms with Crippen molar-refractivity contribution in [2.45, 2.75) is 135 Å². The van der Waals surface area contributed by atoms with Crippen LogP contribution in [0, 0.1) is 47.1 Å². The van der Waals surface area contributed by atoms with Gasteiger partial charge in [0.25, 0.3) is 0 Å². The molecule has 1 aromatic rings. The van der Waals surface area contributed by atoms with Crippen molar-refractivity contribution in [3.05, 3.63) is 41.5 Å². The molecule has 2 unspecified atom stereocenters. The van der Waals surface area contributed by atoms with Crippen molar-refractivity contribution < 1.29 is 18.3 Å². The minimum absolute atomic E-state index is 0.0503. The van der Waals surface area contributed by atoms with Crippen LogP contribution in [0.2, 0.25) is 0 Å². The Morgan fingerprint density at radius 1 is 0.756 bits per heavy atom. The second-order valence-corrected chi connectivity index (χ2v) is 14.1. The summed E-state index contributed by atoms with van der Waals surface area (Å²) in [4.78, 5) is 0. The molecule has 4 aliphatic rings. The predicted molar refractivity (Wildman–Crippen MR) is 164 cm³/mol. The molecule has 0 N–H and O–H groups in total. The molecule has 0 spiro atoms. The first-order valence-corrected chi connectivity index (χ1v) is 17.4. The van der Waals surface area contributed by atoms with Crippen molar-refractivity contribution in [3.63, 3.8) is 0 Å². The minimum atomic E-state index is -0.810. The maximum Gasteiger partial charge on any atom is 0.200 e. The first-order chi connectivity index (χ1) is 20.1. The van der Waals surface area contributed by atoms with Crippen molar-refractivity contribution >= 4 is 0 Å². The average molecular weight is 571 g/mol. The fourth-order valence-corrected chi connectivity index (χ4v) is 9.06. The standard InChI is InChI=1S/C37H56F2O2/c1-3-5-6-7-26-8-10-29(11-9-26)32-20-22-34(41-25-32)31-18-14-28(15-19-31)27-12-16-30(17-13-27)33-21-23-35(40-24-4-2)37(39)36(33)38/h3,5,21,23,26-32,34H,4,6-20,22,24-25H2,1-2H3/b5-3+. The maximum atomic E-state index is 14.9. The van der Waals surface area contributed by atoms with E-state index < -0.39 is 11.6 Å². The third-order valence-corrected chi connectivity index (χ3v) is 11.6. The van der Waals surface area contributed by atoms with Crippen molar-refractivity contribution in [3.8, 4) is 5.75 Å². The zero-order valence-corrected chi connectivity index (χ0v) is 25.9. The first-order valence-electron chi connectivity index (χ1n) is 17.4. The van der Waals surface area contributed by atoms with E-state index in [1.54, 1.807) is 12.1 Å². The van der Waals surface area contributed by atoms with Gasteiger partial charge in [-0.05, 0) is 156 Å². The van der Waals surface area contributed by atoms with Crippen molar-refractivity contribution in [2.24, 2.45) is 35.5 Å². The van der Waals surface area contributed by atoms with Gasteiger partial charge >= 0.3 is 0 Å². The van der Waals surface area contributed by atoms with Crippen molar-refractivity contribution in [2.75, 3.05) is 13.2 Å². The van der Waals surface area contributed by atoms with Crippen LogP contribution in [-0.4, -0.2) is 19.3 Å². The van der Waals surface area contributed by atoms with Gasteiger partial charge in [-0.15, -0.1) is 0 Å². The molecule has 0 radical (unpaired) electrons. The summed E-state index contributed by atoms with van der Waals surface area (Å²) >= 11 is 0. The molecule has 5 rings (SSSR count). The van der Waals surface area contributed by atoms with E-state index in [-0.39, 0.29) is 11.7 Å². The van der Waals surface area contributed by atoms with E-state index >= 15 is 0 Å². The van der Waals surface area contributed by atoms with E-state index in [4.69, 9.17) is 9.47 Å².